The lowest BCUT2D eigenvalue weighted by Gasteiger charge is -2.18. The Labute approximate surface area is 262 Å². The lowest BCUT2D eigenvalue weighted by atomic mass is 10.0. The zero-order chi connectivity index (χ0) is 32.2. The number of ether oxygens (including phenoxy) is 2. The quantitative estimate of drug-likeness (QED) is 0.187. The van der Waals surface area contributed by atoms with E-state index in [1.807, 2.05) is 0 Å². The molecule has 0 aliphatic heterocycles. The van der Waals surface area contributed by atoms with Crippen LogP contribution in [0, 0.1) is 25.2 Å². The second-order valence-corrected chi connectivity index (χ2v) is 11.8. The van der Waals surface area contributed by atoms with Crippen molar-refractivity contribution in [2.75, 3.05) is 6.61 Å². The third-order valence-corrected chi connectivity index (χ3v) is 8.54. The number of fused-ring (bicyclic) bond motifs is 2. The number of rotatable bonds is 8. The van der Waals surface area contributed by atoms with Gasteiger partial charge in [0.1, 0.15) is 35.4 Å². The highest BCUT2D eigenvalue weighted by Crippen LogP contribution is 2.43. The van der Waals surface area contributed by atoms with E-state index in [1.54, 1.807) is 37.3 Å². The Bertz CT molecular complexity index is 2130. The molecule has 0 spiro atoms. The first-order valence-corrected chi connectivity index (χ1v) is 14.9. The van der Waals surface area contributed by atoms with Crippen LogP contribution in [-0.2, 0) is 12.7 Å². The van der Waals surface area contributed by atoms with Crippen LogP contribution in [0.5, 0.6) is 11.5 Å². The molecule has 0 unspecified atom stereocenters. The van der Waals surface area contributed by atoms with Gasteiger partial charge in [0, 0.05) is 27.2 Å². The molecule has 1 aliphatic rings. The van der Waals surface area contributed by atoms with Gasteiger partial charge in [0.05, 0.1) is 39.3 Å². The van der Waals surface area contributed by atoms with E-state index in [0.717, 1.165) is 6.07 Å². The van der Waals surface area contributed by atoms with Crippen molar-refractivity contribution in [2.24, 2.45) is 0 Å². The maximum Gasteiger partial charge on any atom is 0.420 e. The average molecular weight is 655 g/mol. The van der Waals surface area contributed by atoms with Gasteiger partial charge in [-0.15, -0.1) is 11.3 Å². The molecule has 9 nitrogen and oxygen atoms in total. The van der Waals surface area contributed by atoms with Crippen LogP contribution in [0.25, 0.3) is 32.2 Å². The highest BCUT2D eigenvalue weighted by Gasteiger charge is 2.39. The van der Waals surface area contributed by atoms with Gasteiger partial charge < -0.3 is 14.6 Å². The van der Waals surface area contributed by atoms with Gasteiger partial charge in [0.15, 0.2) is 5.75 Å². The van der Waals surface area contributed by atoms with Gasteiger partial charge in [-0.25, -0.2) is 9.78 Å². The zero-order valence-corrected chi connectivity index (χ0v) is 25.2. The van der Waals surface area contributed by atoms with Gasteiger partial charge in [0.2, 0.25) is 0 Å². The molecule has 14 heteroatoms. The molecule has 0 saturated heterocycles. The van der Waals surface area contributed by atoms with Crippen LogP contribution in [0.4, 0.5) is 13.2 Å². The van der Waals surface area contributed by atoms with E-state index in [1.165, 1.54) is 28.2 Å². The Morgan fingerprint density at radius 3 is 2.62 bits per heavy atom. The molecular weight excluding hydrogens is 633 g/mol. The monoisotopic (exact) mass is 654 g/mol. The Balaban J connectivity index is 1.37. The molecule has 1 aliphatic carbocycles. The number of halogens is 4. The molecule has 0 radical (unpaired) electrons. The van der Waals surface area contributed by atoms with Gasteiger partial charge in [0.25, 0.3) is 5.56 Å². The summed E-state index contributed by atoms with van der Waals surface area (Å²) in [6.07, 6.45) is -4.17. The molecule has 1 N–H and O–H groups in total. The second-order valence-electron chi connectivity index (χ2n) is 10.5. The number of carboxylic acid groups (broad SMARTS) is 1. The number of thiophene rings is 1. The van der Waals surface area contributed by atoms with Crippen molar-refractivity contribution >= 4 is 50.0 Å². The molecule has 1 fully saturated rings. The fraction of sp³-hybridized carbons (Fsp3) is 0.258. The standard InChI is InChI=1S/C31H22ClF3N4O5S/c1-14-9-19(28-26(37-14)21(13-45-28)30(41)42)18-10-16(32)3-6-24(18)43-8-7-39-15(2)38-23-11-22(31(33,34)35)27(44-17-4-5-17)20(12-36)25(23)29(39)40/h3,6,9-11,13,17H,4-5,7-8H2,1-2H3,(H,41,42). The molecule has 3 aromatic heterocycles. The Hall–Kier alpha value is -4.67. The van der Waals surface area contributed by atoms with Gasteiger partial charge in [-0.05, 0) is 57.0 Å². The summed E-state index contributed by atoms with van der Waals surface area (Å²) in [6.45, 7) is 3.12. The normalized spacial score (nSPS) is 13.3. The summed E-state index contributed by atoms with van der Waals surface area (Å²) >= 11 is 7.56. The van der Waals surface area contributed by atoms with Gasteiger partial charge in [-0.1, -0.05) is 11.6 Å². The van der Waals surface area contributed by atoms with Crippen LogP contribution in [0.1, 0.15) is 45.8 Å². The van der Waals surface area contributed by atoms with Gasteiger partial charge in [-0.3, -0.25) is 14.3 Å². The first-order chi connectivity index (χ1) is 21.4. The molecule has 230 valence electrons. The summed E-state index contributed by atoms with van der Waals surface area (Å²) in [4.78, 5) is 34.1. The summed E-state index contributed by atoms with van der Waals surface area (Å²) < 4.78 is 55.3. The fourth-order valence-electron chi connectivity index (χ4n) is 5.10. The van der Waals surface area contributed by atoms with Crippen LogP contribution >= 0.6 is 22.9 Å². The van der Waals surface area contributed by atoms with Crippen molar-refractivity contribution in [3.63, 3.8) is 0 Å². The number of carbonyl (C=O) groups is 1. The maximum absolute atomic E-state index is 13.9. The van der Waals surface area contributed by atoms with E-state index < -0.39 is 40.7 Å². The van der Waals surface area contributed by atoms with Crippen molar-refractivity contribution in [2.45, 2.75) is 45.5 Å². The van der Waals surface area contributed by atoms with Crippen LogP contribution in [-0.4, -0.2) is 38.3 Å². The topological polar surface area (TPSA) is 127 Å². The summed E-state index contributed by atoms with van der Waals surface area (Å²) in [5.74, 6) is -1.23. The number of benzene rings is 2. The molecule has 3 heterocycles. The predicted octanol–water partition coefficient (Wildman–Crippen LogP) is 7.15. The van der Waals surface area contributed by atoms with Crippen molar-refractivity contribution in [3.05, 3.63) is 79.3 Å². The number of carboxylic acids is 1. The summed E-state index contributed by atoms with van der Waals surface area (Å²) in [5, 5.41) is 21.2. The SMILES string of the molecule is Cc1cc(-c2cc(Cl)ccc2OCCn2c(C)nc3cc(C(F)(F)F)c(OC4CC4)c(C#N)c3c2=O)c2scc(C(=O)O)c2n1. The second kappa shape index (κ2) is 11.4. The van der Waals surface area contributed by atoms with Crippen molar-refractivity contribution in [3.8, 4) is 28.7 Å². The highest BCUT2D eigenvalue weighted by molar-refractivity contribution is 7.18. The van der Waals surface area contributed by atoms with Gasteiger partial charge in [-0.2, -0.15) is 18.4 Å². The number of pyridine rings is 1. The number of alkyl halides is 3. The number of nitrogens with zero attached hydrogens (tertiary/aromatic N) is 4. The summed E-state index contributed by atoms with van der Waals surface area (Å²) in [6, 6.07) is 9.24. The molecule has 5 aromatic rings. The molecule has 2 aromatic carbocycles. The zero-order valence-electron chi connectivity index (χ0n) is 23.7. The van der Waals surface area contributed by atoms with E-state index in [9.17, 15) is 33.1 Å². The van der Waals surface area contributed by atoms with E-state index in [0.29, 0.717) is 50.7 Å². The Kier molecular flexibility index (Phi) is 7.66. The number of nitriles is 1. The highest BCUT2D eigenvalue weighted by atomic mass is 35.5. The van der Waals surface area contributed by atoms with Crippen LogP contribution in [0.3, 0.4) is 0 Å². The maximum atomic E-state index is 13.9. The molecule has 0 bridgehead atoms. The Morgan fingerprint density at radius 1 is 1.20 bits per heavy atom. The van der Waals surface area contributed by atoms with Crippen molar-refractivity contribution in [1.82, 2.24) is 14.5 Å². The largest absolute Gasteiger partial charge is 0.491 e. The number of aromatic carboxylic acids is 1. The number of aryl methyl sites for hydroxylation is 2. The lowest BCUT2D eigenvalue weighted by molar-refractivity contribution is -0.138. The van der Waals surface area contributed by atoms with E-state index in [2.05, 4.69) is 9.97 Å². The van der Waals surface area contributed by atoms with Crippen LogP contribution in [0.15, 0.2) is 40.5 Å². The molecule has 6 rings (SSSR count). The van der Waals surface area contributed by atoms with E-state index in [4.69, 9.17) is 21.1 Å². The minimum Gasteiger partial charge on any atom is -0.491 e. The minimum atomic E-state index is -4.82. The van der Waals surface area contributed by atoms with Crippen molar-refractivity contribution in [1.29, 1.82) is 5.26 Å². The molecule has 0 amide bonds. The first kappa shape index (κ1) is 30.4. The minimum absolute atomic E-state index is 0.0483. The predicted molar refractivity (Wildman–Crippen MR) is 161 cm³/mol. The molecule has 0 atom stereocenters. The summed E-state index contributed by atoms with van der Waals surface area (Å²) in [7, 11) is 0. The van der Waals surface area contributed by atoms with Gasteiger partial charge >= 0.3 is 12.1 Å². The molecule has 1 saturated carbocycles. The third kappa shape index (κ3) is 5.67. The number of hydrogen-bond donors (Lipinski definition) is 1. The first-order valence-electron chi connectivity index (χ1n) is 13.6. The van der Waals surface area contributed by atoms with Crippen LogP contribution < -0.4 is 15.0 Å². The molecule has 45 heavy (non-hydrogen) atoms. The molecular formula is C31H22ClF3N4O5S. The Morgan fingerprint density at radius 2 is 1.96 bits per heavy atom. The smallest absolute Gasteiger partial charge is 0.420 e. The number of aromatic nitrogens is 3. The summed E-state index contributed by atoms with van der Waals surface area (Å²) in [5.41, 5.74) is -0.375. The lowest BCUT2D eigenvalue weighted by Crippen LogP contribution is -2.27. The fourth-order valence-corrected chi connectivity index (χ4v) is 6.28. The van der Waals surface area contributed by atoms with Crippen molar-refractivity contribution < 1.29 is 32.5 Å². The number of hydrogen-bond acceptors (Lipinski definition) is 8. The van der Waals surface area contributed by atoms with Crippen LogP contribution in [0.2, 0.25) is 5.02 Å². The third-order valence-electron chi connectivity index (χ3n) is 7.30. The van der Waals surface area contributed by atoms with E-state index >= 15 is 0 Å². The average Bonchev–Trinajstić information content (AvgIpc) is 3.69. The van der Waals surface area contributed by atoms with E-state index in [-0.39, 0.29) is 35.4 Å².